The quantitative estimate of drug-likeness (QED) is 0.293. The normalized spacial score (nSPS) is 25.9. The summed E-state index contributed by atoms with van der Waals surface area (Å²) in [5, 5.41) is 38.7. The zero-order valence-electron chi connectivity index (χ0n) is 15.7. The molecule has 26 heavy (non-hydrogen) atoms. The lowest BCUT2D eigenvalue weighted by atomic mass is 10.0. The molecule has 0 radical (unpaired) electrons. The first-order chi connectivity index (χ1) is 12.4. The molecule has 5 atom stereocenters. The van der Waals surface area contributed by atoms with Crippen LogP contribution >= 0.6 is 0 Å². The molecule has 0 amide bonds. The Hall–Kier alpha value is -1.21. The highest BCUT2D eigenvalue weighted by Crippen LogP contribution is 2.26. The molecule has 4 N–H and O–H groups in total. The third-order valence-corrected chi connectivity index (χ3v) is 4.56. The van der Waals surface area contributed by atoms with Crippen LogP contribution in [0.2, 0.25) is 0 Å². The number of hydrogen-bond donors (Lipinski definition) is 4. The van der Waals surface area contributed by atoms with Gasteiger partial charge in [0.2, 0.25) is 0 Å². The SMILES string of the molecule is CCCCC[C@@H](O)/C=C/[C@@H](O)[C@H]1C[C@H](O)[C@H](C/C=C\CCCC(=O)O)O1. The van der Waals surface area contributed by atoms with Gasteiger partial charge in [-0.15, -0.1) is 0 Å². The van der Waals surface area contributed by atoms with Gasteiger partial charge in [0, 0.05) is 12.8 Å². The fourth-order valence-electron chi connectivity index (χ4n) is 2.98. The zero-order chi connectivity index (χ0) is 19.4. The first kappa shape index (κ1) is 22.8. The van der Waals surface area contributed by atoms with Crippen LogP contribution in [0, 0.1) is 0 Å². The van der Waals surface area contributed by atoms with Crippen molar-refractivity contribution >= 4 is 5.97 Å². The van der Waals surface area contributed by atoms with Crippen molar-refractivity contribution in [3.05, 3.63) is 24.3 Å². The summed E-state index contributed by atoms with van der Waals surface area (Å²) in [4.78, 5) is 10.4. The second-order valence-corrected chi connectivity index (χ2v) is 6.95. The number of ether oxygens (including phenoxy) is 1. The number of aliphatic hydroxyl groups is 3. The Kier molecular flexibility index (Phi) is 11.4. The summed E-state index contributed by atoms with van der Waals surface area (Å²) in [6, 6.07) is 0. The first-order valence-corrected chi connectivity index (χ1v) is 9.68. The van der Waals surface area contributed by atoms with Gasteiger partial charge in [-0.2, -0.15) is 0 Å². The lowest BCUT2D eigenvalue weighted by molar-refractivity contribution is -0.137. The van der Waals surface area contributed by atoms with E-state index in [1.54, 1.807) is 12.2 Å². The largest absolute Gasteiger partial charge is 0.481 e. The van der Waals surface area contributed by atoms with Gasteiger partial charge in [-0.05, 0) is 25.7 Å². The van der Waals surface area contributed by atoms with Crippen LogP contribution in [0.15, 0.2) is 24.3 Å². The van der Waals surface area contributed by atoms with Gasteiger partial charge in [0.05, 0.1) is 30.5 Å². The molecule has 1 rings (SSSR count). The van der Waals surface area contributed by atoms with Crippen LogP contribution in [0.5, 0.6) is 0 Å². The third-order valence-electron chi connectivity index (χ3n) is 4.56. The molecule has 0 aromatic rings. The van der Waals surface area contributed by atoms with Crippen molar-refractivity contribution in [2.45, 2.75) is 95.2 Å². The number of rotatable bonds is 13. The standard InChI is InChI=1S/C20H34O6/c1-2-3-6-9-15(21)12-13-16(22)19-14-17(23)18(26-19)10-7-4-5-8-11-20(24)25/h4,7,12-13,15-19,21-23H,2-3,5-6,8-11,14H2,1H3,(H,24,25)/b7-4-,13-12+/t15-,16-,17+,18+,19-/m1/s1. The van der Waals surface area contributed by atoms with Crippen LogP contribution in [-0.4, -0.2) is 56.9 Å². The van der Waals surface area contributed by atoms with Crippen LogP contribution in [0.1, 0.15) is 64.7 Å². The third kappa shape index (κ3) is 9.48. The number of hydrogen-bond acceptors (Lipinski definition) is 5. The Morgan fingerprint density at radius 3 is 2.65 bits per heavy atom. The van der Waals surface area contributed by atoms with Crippen molar-refractivity contribution in [2.75, 3.05) is 0 Å². The summed E-state index contributed by atoms with van der Waals surface area (Å²) >= 11 is 0. The molecule has 1 aliphatic rings. The molecule has 0 unspecified atom stereocenters. The van der Waals surface area contributed by atoms with Gasteiger partial charge in [0.15, 0.2) is 0 Å². The van der Waals surface area contributed by atoms with Gasteiger partial charge in [0.1, 0.15) is 0 Å². The fourth-order valence-corrected chi connectivity index (χ4v) is 2.98. The maximum absolute atomic E-state index is 10.4. The number of aliphatic hydroxyl groups excluding tert-OH is 3. The highest BCUT2D eigenvalue weighted by molar-refractivity contribution is 5.66. The van der Waals surface area contributed by atoms with E-state index in [2.05, 4.69) is 6.92 Å². The minimum absolute atomic E-state index is 0.151. The average Bonchev–Trinajstić information content (AvgIpc) is 2.97. The number of aliphatic carboxylic acids is 1. The maximum Gasteiger partial charge on any atom is 0.303 e. The summed E-state index contributed by atoms with van der Waals surface area (Å²) < 4.78 is 5.73. The van der Waals surface area contributed by atoms with Gasteiger partial charge in [-0.1, -0.05) is 50.5 Å². The minimum Gasteiger partial charge on any atom is -0.481 e. The van der Waals surface area contributed by atoms with E-state index in [0.29, 0.717) is 32.1 Å². The molecular weight excluding hydrogens is 336 g/mol. The summed E-state index contributed by atoms with van der Waals surface area (Å²) in [6.07, 6.45) is 10.2. The van der Waals surface area contributed by atoms with Crippen molar-refractivity contribution in [3.8, 4) is 0 Å². The Bertz CT molecular complexity index is 448. The molecule has 0 spiro atoms. The van der Waals surface area contributed by atoms with Crippen molar-refractivity contribution in [3.63, 3.8) is 0 Å². The minimum atomic E-state index is -0.852. The highest BCUT2D eigenvalue weighted by atomic mass is 16.5. The van der Waals surface area contributed by atoms with Crippen LogP contribution < -0.4 is 0 Å². The molecule has 1 saturated heterocycles. The number of allylic oxidation sites excluding steroid dienone is 1. The second-order valence-electron chi connectivity index (χ2n) is 6.95. The van der Waals surface area contributed by atoms with Gasteiger partial charge in [0.25, 0.3) is 0 Å². The molecule has 1 fully saturated rings. The monoisotopic (exact) mass is 370 g/mol. The maximum atomic E-state index is 10.4. The summed E-state index contributed by atoms with van der Waals surface area (Å²) in [7, 11) is 0. The number of unbranched alkanes of at least 4 members (excludes halogenated alkanes) is 3. The zero-order valence-corrected chi connectivity index (χ0v) is 15.7. The van der Waals surface area contributed by atoms with E-state index in [0.717, 1.165) is 19.3 Å². The number of carboxylic acid groups (broad SMARTS) is 1. The predicted molar refractivity (Wildman–Crippen MR) is 99.8 cm³/mol. The van der Waals surface area contributed by atoms with Gasteiger partial charge < -0.3 is 25.2 Å². The molecule has 0 aromatic carbocycles. The topological polar surface area (TPSA) is 107 Å². The number of carboxylic acids is 1. The number of carbonyl (C=O) groups is 1. The lowest BCUT2D eigenvalue weighted by Crippen LogP contribution is -2.24. The Labute approximate surface area is 156 Å². The van der Waals surface area contributed by atoms with E-state index in [1.165, 1.54) is 0 Å². The highest BCUT2D eigenvalue weighted by Gasteiger charge is 2.36. The van der Waals surface area contributed by atoms with E-state index >= 15 is 0 Å². The van der Waals surface area contributed by atoms with E-state index in [4.69, 9.17) is 9.84 Å². The van der Waals surface area contributed by atoms with Crippen molar-refractivity contribution in [2.24, 2.45) is 0 Å². The van der Waals surface area contributed by atoms with E-state index in [9.17, 15) is 20.1 Å². The fraction of sp³-hybridized carbons (Fsp3) is 0.750. The summed E-state index contributed by atoms with van der Waals surface area (Å²) in [5.41, 5.74) is 0. The molecule has 0 bridgehead atoms. The molecule has 6 nitrogen and oxygen atoms in total. The average molecular weight is 370 g/mol. The molecule has 6 heteroatoms. The van der Waals surface area contributed by atoms with Gasteiger partial charge in [-0.3, -0.25) is 4.79 Å². The van der Waals surface area contributed by atoms with Crippen LogP contribution in [0.25, 0.3) is 0 Å². The predicted octanol–water partition coefficient (Wildman–Crippen LogP) is 2.56. The Morgan fingerprint density at radius 1 is 1.19 bits per heavy atom. The van der Waals surface area contributed by atoms with Gasteiger partial charge >= 0.3 is 5.97 Å². The second kappa shape index (κ2) is 13.0. The van der Waals surface area contributed by atoms with Gasteiger partial charge in [-0.25, -0.2) is 0 Å². The van der Waals surface area contributed by atoms with E-state index in [-0.39, 0.29) is 12.5 Å². The van der Waals surface area contributed by atoms with Crippen molar-refractivity contribution in [1.29, 1.82) is 0 Å². The Balaban J connectivity index is 2.30. The smallest absolute Gasteiger partial charge is 0.303 e. The molecule has 0 saturated carbocycles. The van der Waals surface area contributed by atoms with Crippen LogP contribution in [0.3, 0.4) is 0 Å². The molecular formula is C20H34O6. The molecule has 0 aliphatic carbocycles. The van der Waals surface area contributed by atoms with Crippen LogP contribution in [0.4, 0.5) is 0 Å². The van der Waals surface area contributed by atoms with Crippen LogP contribution in [-0.2, 0) is 9.53 Å². The molecule has 150 valence electrons. The molecule has 0 aromatic heterocycles. The first-order valence-electron chi connectivity index (χ1n) is 9.68. The Morgan fingerprint density at radius 2 is 1.96 bits per heavy atom. The van der Waals surface area contributed by atoms with Crippen molar-refractivity contribution < 1.29 is 30.0 Å². The summed E-state index contributed by atoms with van der Waals surface area (Å²) in [5.74, 6) is -0.798. The molecule has 1 heterocycles. The van der Waals surface area contributed by atoms with E-state index < -0.39 is 30.4 Å². The molecule has 1 aliphatic heterocycles. The van der Waals surface area contributed by atoms with E-state index in [1.807, 2.05) is 12.2 Å². The summed E-state index contributed by atoms with van der Waals surface area (Å²) in [6.45, 7) is 2.11. The lowest BCUT2D eigenvalue weighted by Gasteiger charge is -2.16. The van der Waals surface area contributed by atoms with Crippen molar-refractivity contribution in [1.82, 2.24) is 0 Å².